The number of benzene rings is 1. The lowest BCUT2D eigenvalue weighted by Crippen LogP contribution is -2.35. The monoisotopic (exact) mass is 264 g/mol. The summed E-state index contributed by atoms with van der Waals surface area (Å²) < 4.78 is 16.2. The summed E-state index contributed by atoms with van der Waals surface area (Å²) in [6, 6.07) is 6.04. The minimum absolute atomic E-state index is 0.172. The van der Waals surface area contributed by atoms with E-state index in [1.807, 2.05) is 32.0 Å². The van der Waals surface area contributed by atoms with Crippen LogP contribution in [-0.4, -0.2) is 18.9 Å². The molecule has 0 aromatic heterocycles. The van der Waals surface area contributed by atoms with E-state index in [2.05, 4.69) is 4.74 Å². The third-order valence-electron chi connectivity index (χ3n) is 3.16. The number of methoxy groups -OCH3 is 1. The number of para-hydroxylation sites is 1. The van der Waals surface area contributed by atoms with Crippen LogP contribution in [0.1, 0.15) is 37.8 Å². The zero-order chi connectivity index (χ0) is 13.9. The highest BCUT2D eigenvalue weighted by Crippen LogP contribution is 2.34. The fourth-order valence-electron chi connectivity index (χ4n) is 2.13. The number of carbonyl (C=O) groups excluding carboxylic acids is 1. The van der Waals surface area contributed by atoms with Crippen LogP contribution in [0.3, 0.4) is 0 Å². The zero-order valence-corrected chi connectivity index (χ0v) is 11.7. The van der Waals surface area contributed by atoms with Crippen molar-refractivity contribution in [2.75, 3.05) is 7.11 Å². The first kappa shape index (κ1) is 13.9. The van der Waals surface area contributed by atoms with Crippen molar-refractivity contribution in [1.82, 2.24) is 0 Å². The Morgan fingerprint density at radius 2 is 2.21 bits per heavy atom. The minimum Gasteiger partial charge on any atom is -0.469 e. The summed E-state index contributed by atoms with van der Waals surface area (Å²) >= 11 is 0. The van der Waals surface area contributed by atoms with Gasteiger partial charge in [-0.3, -0.25) is 4.79 Å². The smallest absolute Gasteiger partial charge is 0.305 e. The van der Waals surface area contributed by atoms with Gasteiger partial charge < -0.3 is 14.2 Å². The number of hydrogen-bond donors (Lipinski definition) is 0. The molecule has 104 valence electrons. The molecule has 0 spiro atoms. The van der Waals surface area contributed by atoms with Crippen LogP contribution < -0.4 is 4.74 Å². The number of esters is 1. The highest BCUT2D eigenvalue weighted by atomic mass is 16.7. The molecule has 0 aliphatic carbocycles. The summed E-state index contributed by atoms with van der Waals surface area (Å²) in [4.78, 5) is 11.1. The van der Waals surface area contributed by atoms with Crippen molar-refractivity contribution in [1.29, 1.82) is 0 Å². The third kappa shape index (κ3) is 3.47. The molecule has 0 unspecified atom stereocenters. The summed E-state index contributed by atoms with van der Waals surface area (Å²) in [5, 5.41) is 0. The van der Waals surface area contributed by atoms with E-state index >= 15 is 0 Å². The Morgan fingerprint density at radius 3 is 2.95 bits per heavy atom. The number of ether oxygens (including phenoxy) is 3. The molecule has 2 rings (SSSR count). The third-order valence-corrected chi connectivity index (χ3v) is 3.16. The van der Waals surface area contributed by atoms with Crippen molar-refractivity contribution in [2.24, 2.45) is 0 Å². The summed E-state index contributed by atoms with van der Waals surface area (Å²) in [5.74, 6) is 0.142. The van der Waals surface area contributed by atoms with Gasteiger partial charge in [-0.15, -0.1) is 0 Å². The lowest BCUT2D eigenvalue weighted by Gasteiger charge is -2.33. The number of hydrogen-bond acceptors (Lipinski definition) is 4. The molecule has 0 N–H and O–H groups in total. The molecule has 0 bridgehead atoms. The van der Waals surface area contributed by atoms with Crippen molar-refractivity contribution < 1.29 is 19.0 Å². The Labute approximate surface area is 113 Å². The molecule has 0 saturated heterocycles. The second-order valence-corrected chi connectivity index (χ2v) is 5.13. The van der Waals surface area contributed by atoms with Crippen molar-refractivity contribution in [3.05, 3.63) is 29.3 Å². The van der Waals surface area contributed by atoms with E-state index in [1.165, 1.54) is 7.11 Å². The van der Waals surface area contributed by atoms with Gasteiger partial charge in [0, 0.05) is 25.8 Å². The molecule has 0 atom stereocenters. The summed E-state index contributed by atoms with van der Waals surface area (Å²) in [5.41, 5.74) is 2.19. The van der Waals surface area contributed by atoms with Gasteiger partial charge in [0.2, 0.25) is 5.79 Å². The van der Waals surface area contributed by atoms with E-state index in [-0.39, 0.29) is 5.97 Å². The first-order valence-electron chi connectivity index (χ1n) is 6.52. The van der Waals surface area contributed by atoms with Crippen LogP contribution in [0.25, 0.3) is 0 Å². The molecule has 1 heterocycles. The maximum absolute atomic E-state index is 11.1. The molecule has 1 aromatic carbocycles. The van der Waals surface area contributed by atoms with Crippen LogP contribution in [0, 0.1) is 0 Å². The average molecular weight is 264 g/mol. The molecule has 0 fully saturated rings. The normalized spacial score (nSPS) is 16.4. The predicted octanol–water partition coefficient (Wildman–Crippen LogP) is 2.83. The van der Waals surface area contributed by atoms with Crippen molar-refractivity contribution in [2.45, 2.75) is 45.5 Å². The van der Waals surface area contributed by atoms with Gasteiger partial charge in [-0.1, -0.05) is 18.2 Å². The quantitative estimate of drug-likeness (QED) is 0.784. The first-order valence-corrected chi connectivity index (χ1v) is 6.52. The Hall–Kier alpha value is -1.55. The van der Waals surface area contributed by atoms with Gasteiger partial charge in [-0.05, 0) is 18.4 Å². The van der Waals surface area contributed by atoms with Gasteiger partial charge in [0.05, 0.1) is 13.7 Å². The van der Waals surface area contributed by atoms with E-state index in [4.69, 9.17) is 9.47 Å². The average Bonchev–Trinajstić information content (AvgIpc) is 2.38. The van der Waals surface area contributed by atoms with Gasteiger partial charge in [0.15, 0.2) is 0 Å². The van der Waals surface area contributed by atoms with Gasteiger partial charge in [0.1, 0.15) is 5.75 Å². The number of fused-ring (bicyclic) bond motifs is 1. The topological polar surface area (TPSA) is 44.8 Å². The molecule has 0 amide bonds. The zero-order valence-electron chi connectivity index (χ0n) is 11.7. The van der Waals surface area contributed by atoms with Crippen LogP contribution in [0.5, 0.6) is 5.75 Å². The second kappa shape index (κ2) is 5.61. The second-order valence-electron chi connectivity index (χ2n) is 5.13. The summed E-state index contributed by atoms with van der Waals surface area (Å²) in [7, 11) is 1.41. The SMILES string of the molecule is COC(=O)CCCc1cccc2c1OC(C)(C)OC2. The Kier molecular flexibility index (Phi) is 4.10. The van der Waals surface area contributed by atoms with E-state index in [0.717, 1.165) is 29.7 Å². The standard InChI is InChI=1S/C15H20O4/c1-15(2)18-10-12-8-4-6-11(14(12)19-15)7-5-9-13(16)17-3/h4,6,8H,5,7,9-10H2,1-3H3. The predicted molar refractivity (Wildman–Crippen MR) is 70.9 cm³/mol. The van der Waals surface area contributed by atoms with E-state index in [9.17, 15) is 4.79 Å². The van der Waals surface area contributed by atoms with Crippen LogP contribution in [0.15, 0.2) is 18.2 Å². The molecular formula is C15H20O4. The van der Waals surface area contributed by atoms with Crippen molar-refractivity contribution >= 4 is 5.97 Å². The van der Waals surface area contributed by atoms with Gasteiger partial charge in [-0.2, -0.15) is 0 Å². The Bertz CT molecular complexity index is 465. The van der Waals surface area contributed by atoms with Crippen LogP contribution in [0.4, 0.5) is 0 Å². The van der Waals surface area contributed by atoms with Crippen molar-refractivity contribution in [3.8, 4) is 5.75 Å². The summed E-state index contributed by atoms with van der Waals surface area (Å²) in [6.45, 7) is 4.37. The Balaban J connectivity index is 2.07. The number of carbonyl (C=O) groups is 1. The van der Waals surface area contributed by atoms with Crippen LogP contribution >= 0.6 is 0 Å². The molecule has 0 saturated carbocycles. The van der Waals surface area contributed by atoms with E-state index in [1.54, 1.807) is 0 Å². The molecule has 1 aromatic rings. The molecule has 1 aliphatic heterocycles. The largest absolute Gasteiger partial charge is 0.469 e. The van der Waals surface area contributed by atoms with E-state index in [0.29, 0.717) is 13.0 Å². The first-order chi connectivity index (χ1) is 9.02. The molecule has 0 radical (unpaired) electrons. The van der Waals surface area contributed by atoms with Gasteiger partial charge in [-0.25, -0.2) is 0 Å². The maximum Gasteiger partial charge on any atom is 0.305 e. The highest BCUT2D eigenvalue weighted by Gasteiger charge is 2.28. The molecule has 4 nitrogen and oxygen atoms in total. The lowest BCUT2D eigenvalue weighted by molar-refractivity contribution is -0.180. The molecule has 4 heteroatoms. The molecular weight excluding hydrogens is 244 g/mol. The van der Waals surface area contributed by atoms with Crippen LogP contribution in [0.2, 0.25) is 0 Å². The minimum atomic E-state index is -0.592. The highest BCUT2D eigenvalue weighted by molar-refractivity contribution is 5.69. The van der Waals surface area contributed by atoms with Gasteiger partial charge in [0.25, 0.3) is 0 Å². The fourth-order valence-corrected chi connectivity index (χ4v) is 2.13. The fraction of sp³-hybridized carbons (Fsp3) is 0.533. The molecule has 19 heavy (non-hydrogen) atoms. The van der Waals surface area contributed by atoms with Crippen molar-refractivity contribution in [3.63, 3.8) is 0 Å². The van der Waals surface area contributed by atoms with E-state index < -0.39 is 5.79 Å². The lowest BCUT2D eigenvalue weighted by atomic mass is 10.0. The number of aryl methyl sites for hydroxylation is 1. The Morgan fingerprint density at radius 1 is 1.42 bits per heavy atom. The summed E-state index contributed by atoms with van der Waals surface area (Å²) in [6.07, 6.45) is 1.99. The maximum atomic E-state index is 11.1. The van der Waals surface area contributed by atoms with Gasteiger partial charge >= 0.3 is 5.97 Å². The van der Waals surface area contributed by atoms with Crippen LogP contribution in [-0.2, 0) is 27.3 Å². The molecule has 1 aliphatic rings. The number of rotatable bonds is 4.